The van der Waals surface area contributed by atoms with Crippen LogP contribution in [0.15, 0.2) is 96.1 Å². The Morgan fingerprint density at radius 1 is 0.871 bits per heavy atom. The van der Waals surface area contributed by atoms with Crippen LogP contribution in [0.25, 0.3) is 6.08 Å². The summed E-state index contributed by atoms with van der Waals surface area (Å²) in [5.74, 6) is -0.433. The Bertz CT molecular complexity index is 1050. The standard InChI is InChI=1S/C25H22N2O4/c1-30-24(21-10-6-3-7-11-21)25(29)27-26-18-20-12-15-22(16-13-20)31-23(28)17-14-19-8-4-2-5-9-19/h2-18,24H,1H3,(H,27,29)/b17-14+,26-18-/t24-/m1/s1. The lowest BCUT2D eigenvalue weighted by molar-refractivity contribution is -0.131. The second-order valence-corrected chi connectivity index (χ2v) is 6.49. The number of amides is 1. The predicted octanol–water partition coefficient (Wildman–Crippen LogP) is 4.14. The van der Waals surface area contributed by atoms with Crippen molar-refractivity contribution in [1.82, 2.24) is 5.43 Å². The molecule has 0 aliphatic rings. The number of nitrogens with one attached hydrogen (secondary N) is 1. The molecule has 3 aromatic carbocycles. The number of hydrogen-bond acceptors (Lipinski definition) is 5. The van der Waals surface area contributed by atoms with Gasteiger partial charge in [-0.05, 0) is 47.0 Å². The SMILES string of the molecule is CO[C@@H](C(=O)N/N=C\c1ccc(OC(=O)/C=C/c2ccccc2)cc1)c1ccccc1. The van der Waals surface area contributed by atoms with Crippen molar-refractivity contribution in [2.75, 3.05) is 7.11 Å². The molecule has 1 amide bonds. The van der Waals surface area contributed by atoms with Crippen LogP contribution >= 0.6 is 0 Å². The first-order valence-corrected chi connectivity index (χ1v) is 9.61. The molecule has 0 heterocycles. The summed E-state index contributed by atoms with van der Waals surface area (Å²) >= 11 is 0. The number of hydrogen-bond donors (Lipinski definition) is 1. The van der Waals surface area contributed by atoms with Crippen molar-refractivity contribution in [3.05, 3.63) is 108 Å². The maximum absolute atomic E-state index is 12.3. The van der Waals surface area contributed by atoms with Gasteiger partial charge in [0.1, 0.15) is 5.75 Å². The van der Waals surface area contributed by atoms with Crippen LogP contribution in [-0.4, -0.2) is 25.2 Å². The summed E-state index contributed by atoms with van der Waals surface area (Å²) in [7, 11) is 1.47. The maximum Gasteiger partial charge on any atom is 0.336 e. The van der Waals surface area contributed by atoms with Gasteiger partial charge in [-0.2, -0.15) is 5.10 Å². The maximum atomic E-state index is 12.3. The fraction of sp³-hybridized carbons (Fsp3) is 0.0800. The van der Waals surface area contributed by atoms with E-state index >= 15 is 0 Å². The van der Waals surface area contributed by atoms with E-state index in [1.807, 2.05) is 60.7 Å². The first kappa shape index (κ1) is 21.7. The van der Waals surface area contributed by atoms with E-state index in [0.29, 0.717) is 5.75 Å². The fourth-order valence-corrected chi connectivity index (χ4v) is 2.75. The Morgan fingerprint density at radius 3 is 2.16 bits per heavy atom. The Morgan fingerprint density at radius 2 is 1.52 bits per heavy atom. The summed E-state index contributed by atoms with van der Waals surface area (Å²) in [6.45, 7) is 0. The van der Waals surface area contributed by atoms with Gasteiger partial charge in [0.05, 0.1) is 6.21 Å². The second kappa shape index (κ2) is 11.2. The van der Waals surface area contributed by atoms with Crippen LogP contribution in [0.1, 0.15) is 22.8 Å². The molecule has 1 atom stereocenters. The third-order valence-electron chi connectivity index (χ3n) is 4.27. The smallest absolute Gasteiger partial charge is 0.336 e. The molecule has 0 radical (unpaired) electrons. The average molecular weight is 414 g/mol. The van der Waals surface area contributed by atoms with Crippen molar-refractivity contribution in [3.63, 3.8) is 0 Å². The van der Waals surface area contributed by atoms with E-state index in [-0.39, 0.29) is 5.91 Å². The van der Waals surface area contributed by atoms with Gasteiger partial charge in [-0.15, -0.1) is 0 Å². The van der Waals surface area contributed by atoms with Crippen LogP contribution in [0.5, 0.6) is 5.75 Å². The number of methoxy groups -OCH3 is 1. The molecule has 0 spiro atoms. The summed E-state index contributed by atoms with van der Waals surface area (Å²) in [5.41, 5.74) is 4.85. The van der Waals surface area contributed by atoms with Crippen molar-refractivity contribution >= 4 is 24.2 Å². The zero-order valence-corrected chi connectivity index (χ0v) is 17.0. The molecule has 1 N–H and O–H groups in total. The summed E-state index contributed by atoms with van der Waals surface area (Å²) < 4.78 is 10.5. The number of benzene rings is 3. The van der Waals surface area contributed by atoms with Crippen LogP contribution < -0.4 is 10.2 Å². The number of rotatable bonds is 8. The van der Waals surface area contributed by atoms with Crippen LogP contribution in [0, 0.1) is 0 Å². The van der Waals surface area contributed by atoms with E-state index in [1.54, 1.807) is 30.3 Å². The van der Waals surface area contributed by atoms with Crippen LogP contribution in [0.2, 0.25) is 0 Å². The van der Waals surface area contributed by atoms with Gasteiger partial charge in [-0.1, -0.05) is 60.7 Å². The van der Waals surface area contributed by atoms with Gasteiger partial charge < -0.3 is 9.47 Å². The lowest BCUT2D eigenvalue weighted by atomic mass is 10.1. The number of carbonyl (C=O) groups is 2. The van der Waals surface area contributed by atoms with Crippen molar-refractivity contribution in [1.29, 1.82) is 0 Å². The minimum atomic E-state index is -0.746. The minimum absolute atomic E-state index is 0.374. The fourth-order valence-electron chi connectivity index (χ4n) is 2.75. The normalized spacial score (nSPS) is 12.0. The highest BCUT2D eigenvalue weighted by Gasteiger charge is 2.19. The van der Waals surface area contributed by atoms with Gasteiger partial charge in [-0.3, -0.25) is 4.79 Å². The molecule has 0 aromatic heterocycles. The van der Waals surface area contributed by atoms with Crippen LogP contribution in [-0.2, 0) is 14.3 Å². The first-order chi connectivity index (χ1) is 15.2. The van der Waals surface area contributed by atoms with Gasteiger partial charge in [0.25, 0.3) is 5.91 Å². The van der Waals surface area contributed by atoms with E-state index in [2.05, 4.69) is 10.5 Å². The molecule has 3 rings (SSSR count). The number of carbonyl (C=O) groups excluding carboxylic acids is 2. The summed E-state index contributed by atoms with van der Waals surface area (Å²) in [6.07, 6.45) is 3.81. The Hall–Kier alpha value is -4.03. The van der Waals surface area contributed by atoms with Gasteiger partial charge in [0.15, 0.2) is 6.10 Å². The van der Waals surface area contributed by atoms with Gasteiger partial charge in [0.2, 0.25) is 0 Å². The molecule has 3 aromatic rings. The van der Waals surface area contributed by atoms with Crippen LogP contribution in [0.4, 0.5) is 0 Å². The van der Waals surface area contributed by atoms with E-state index in [9.17, 15) is 9.59 Å². The molecule has 0 aliphatic carbocycles. The summed E-state index contributed by atoms with van der Waals surface area (Å²) in [5, 5.41) is 3.97. The largest absolute Gasteiger partial charge is 0.423 e. The summed E-state index contributed by atoms with van der Waals surface area (Å²) in [4.78, 5) is 24.2. The number of nitrogens with zero attached hydrogens (tertiary/aromatic N) is 1. The zero-order valence-electron chi connectivity index (χ0n) is 17.0. The monoisotopic (exact) mass is 414 g/mol. The molecule has 0 saturated heterocycles. The van der Waals surface area contributed by atoms with E-state index in [0.717, 1.165) is 16.7 Å². The third-order valence-corrected chi connectivity index (χ3v) is 4.27. The molecule has 6 nitrogen and oxygen atoms in total. The number of ether oxygens (including phenoxy) is 2. The van der Waals surface area contributed by atoms with Crippen molar-refractivity contribution in [2.45, 2.75) is 6.10 Å². The molecule has 0 saturated carbocycles. The molecule has 0 aliphatic heterocycles. The molecule has 6 heteroatoms. The Kier molecular flexibility index (Phi) is 7.85. The van der Waals surface area contributed by atoms with Gasteiger partial charge in [-0.25, -0.2) is 10.2 Å². The highest BCUT2D eigenvalue weighted by Crippen LogP contribution is 2.16. The first-order valence-electron chi connectivity index (χ1n) is 9.61. The Labute approximate surface area is 180 Å². The highest BCUT2D eigenvalue weighted by atomic mass is 16.5. The van der Waals surface area contributed by atoms with E-state index < -0.39 is 12.1 Å². The lowest BCUT2D eigenvalue weighted by Gasteiger charge is -2.13. The third kappa shape index (κ3) is 6.76. The second-order valence-electron chi connectivity index (χ2n) is 6.49. The van der Waals surface area contributed by atoms with Gasteiger partial charge >= 0.3 is 5.97 Å². The molecule has 31 heavy (non-hydrogen) atoms. The summed E-state index contributed by atoms with van der Waals surface area (Å²) in [6, 6.07) is 25.4. The van der Waals surface area contributed by atoms with E-state index in [4.69, 9.17) is 9.47 Å². The highest BCUT2D eigenvalue weighted by molar-refractivity contribution is 5.89. The van der Waals surface area contributed by atoms with Gasteiger partial charge in [0, 0.05) is 13.2 Å². The zero-order chi connectivity index (χ0) is 21.9. The van der Waals surface area contributed by atoms with Crippen molar-refractivity contribution < 1.29 is 19.1 Å². The molecule has 0 bridgehead atoms. The lowest BCUT2D eigenvalue weighted by Crippen LogP contribution is -2.26. The Balaban J connectivity index is 1.51. The molecular formula is C25H22N2O4. The predicted molar refractivity (Wildman–Crippen MR) is 119 cm³/mol. The minimum Gasteiger partial charge on any atom is -0.423 e. The average Bonchev–Trinajstić information content (AvgIpc) is 2.81. The number of hydrazone groups is 1. The van der Waals surface area contributed by atoms with Crippen molar-refractivity contribution in [2.24, 2.45) is 5.10 Å². The quantitative estimate of drug-likeness (QED) is 0.198. The topological polar surface area (TPSA) is 77.0 Å². The molecule has 156 valence electrons. The number of esters is 1. The molecular weight excluding hydrogens is 392 g/mol. The van der Waals surface area contributed by atoms with Crippen LogP contribution in [0.3, 0.4) is 0 Å². The van der Waals surface area contributed by atoms with E-state index in [1.165, 1.54) is 19.4 Å². The molecule has 0 fully saturated rings. The molecule has 0 unspecified atom stereocenters. The van der Waals surface area contributed by atoms with Crippen molar-refractivity contribution in [3.8, 4) is 5.75 Å².